The van der Waals surface area contributed by atoms with Gasteiger partial charge in [0.1, 0.15) is 0 Å². The van der Waals surface area contributed by atoms with E-state index in [2.05, 4.69) is 35.6 Å². The molecule has 0 amide bonds. The third-order valence-corrected chi connectivity index (χ3v) is 4.90. The smallest absolute Gasteiger partial charge is 0.191 e. The zero-order valence-corrected chi connectivity index (χ0v) is 16.3. The van der Waals surface area contributed by atoms with E-state index in [4.69, 9.17) is 5.73 Å². The topological polar surface area (TPSA) is 44.9 Å². The minimum atomic E-state index is 0. The van der Waals surface area contributed by atoms with E-state index in [0.29, 0.717) is 12.0 Å². The Bertz CT molecular complexity index is 324. The van der Waals surface area contributed by atoms with Crippen LogP contribution in [-0.2, 0) is 0 Å². The Labute approximate surface area is 147 Å². The molecular weight excluding hydrogens is 375 g/mol. The summed E-state index contributed by atoms with van der Waals surface area (Å²) >= 11 is 0. The lowest BCUT2D eigenvalue weighted by atomic mass is 9.97. The fourth-order valence-electron chi connectivity index (χ4n) is 3.28. The third-order valence-electron chi connectivity index (χ3n) is 4.90. The molecule has 2 fully saturated rings. The van der Waals surface area contributed by atoms with Gasteiger partial charge in [0.2, 0.25) is 0 Å². The predicted octanol–water partition coefficient (Wildman–Crippen LogP) is 2.77. The third kappa shape index (κ3) is 5.93. The number of hydrogen-bond donors (Lipinski definition) is 1. The molecule has 1 atom stereocenters. The number of likely N-dealkylation sites (tertiary alicyclic amines) is 2. The summed E-state index contributed by atoms with van der Waals surface area (Å²) in [6.07, 6.45) is 5.11. The monoisotopic (exact) mass is 408 g/mol. The number of piperidine rings is 2. The SMILES string of the molecule is CC1CCN(C(N)=NCC2CCCN(C(C)C)C2)CC1.I. The van der Waals surface area contributed by atoms with E-state index in [9.17, 15) is 0 Å². The maximum Gasteiger partial charge on any atom is 0.191 e. The molecular formula is C16H33IN4. The van der Waals surface area contributed by atoms with Crippen LogP contribution in [0, 0.1) is 11.8 Å². The summed E-state index contributed by atoms with van der Waals surface area (Å²) in [6, 6.07) is 0.655. The second-order valence-corrected chi connectivity index (χ2v) is 6.97. The summed E-state index contributed by atoms with van der Waals surface area (Å²) in [5.41, 5.74) is 6.17. The van der Waals surface area contributed by atoms with Gasteiger partial charge in [-0.3, -0.25) is 4.99 Å². The van der Waals surface area contributed by atoms with Crippen molar-refractivity contribution in [1.82, 2.24) is 9.80 Å². The van der Waals surface area contributed by atoms with Gasteiger partial charge in [0.05, 0.1) is 0 Å². The highest BCUT2D eigenvalue weighted by Gasteiger charge is 2.22. The van der Waals surface area contributed by atoms with Gasteiger partial charge >= 0.3 is 0 Å². The van der Waals surface area contributed by atoms with Gasteiger partial charge in [-0.2, -0.15) is 0 Å². The van der Waals surface area contributed by atoms with Gasteiger partial charge in [0.15, 0.2) is 5.96 Å². The first-order chi connectivity index (χ1) is 9.56. The summed E-state index contributed by atoms with van der Waals surface area (Å²) in [6.45, 7) is 12.4. The van der Waals surface area contributed by atoms with Gasteiger partial charge < -0.3 is 15.5 Å². The molecule has 0 aromatic rings. The first kappa shape index (κ1) is 19.0. The lowest BCUT2D eigenvalue weighted by Gasteiger charge is -2.35. The lowest BCUT2D eigenvalue weighted by Crippen LogP contribution is -2.44. The Morgan fingerprint density at radius 3 is 2.48 bits per heavy atom. The Hall–Kier alpha value is -0.0400. The summed E-state index contributed by atoms with van der Waals surface area (Å²) in [7, 11) is 0. The van der Waals surface area contributed by atoms with Crippen molar-refractivity contribution in [2.24, 2.45) is 22.6 Å². The molecule has 2 aliphatic rings. The van der Waals surface area contributed by atoms with Crippen molar-refractivity contribution in [2.45, 2.75) is 52.5 Å². The van der Waals surface area contributed by atoms with E-state index in [-0.39, 0.29) is 24.0 Å². The molecule has 21 heavy (non-hydrogen) atoms. The molecule has 0 spiro atoms. The molecule has 0 aromatic carbocycles. The fraction of sp³-hybridized carbons (Fsp3) is 0.938. The average Bonchev–Trinajstić information content (AvgIpc) is 2.46. The zero-order valence-electron chi connectivity index (χ0n) is 13.9. The van der Waals surface area contributed by atoms with Crippen LogP contribution in [0.3, 0.4) is 0 Å². The van der Waals surface area contributed by atoms with E-state index in [1.54, 1.807) is 0 Å². The molecule has 1 unspecified atom stereocenters. The summed E-state index contributed by atoms with van der Waals surface area (Å²) < 4.78 is 0. The van der Waals surface area contributed by atoms with Crippen LogP contribution in [0.25, 0.3) is 0 Å². The highest BCUT2D eigenvalue weighted by molar-refractivity contribution is 14.0. The minimum absolute atomic E-state index is 0. The number of nitrogens with two attached hydrogens (primary N) is 1. The van der Waals surface area contributed by atoms with E-state index >= 15 is 0 Å². The Morgan fingerprint density at radius 1 is 1.19 bits per heavy atom. The van der Waals surface area contributed by atoms with Crippen molar-refractivity contribution in [3.63, 3.8) is 0 Å². The molecule has 2 N–H and O–H groups in total. The van der Waals surface area contributed by atoms with E-state index in [1.165, 1.54) is 38.8 Å². The van der Waals surface area contributed by atoms with Crippen LogP contribution in [0.15, 0.2) is 4.99 Å². The predicted molar refractivity (Wildman–Crippen MR) is 101 cm³/mol. The van der Waals surface area contributed by atoms with Gasteiger partial charge in [-0.25, -0.2) is 0 Å². The van der Waals surface area contributed by atoms with Crippen molar-refractivity contribution < 1.29 is 0 Å². The Balaban J connectivity index is 0.00000220. The van der Waals surface area contributed by atoms with Gasteiger partial charge in [0.25, 0.3) is 0 Å². The average molecular weight is 408 g/mol. The second kappa shape index (κ2) is 9.18. The standard InChI is InChI=1S/C16H32N4.HI/c1-13(2)20-8-4-5-15(12-20)11-18-16(17)19-9-6-14(3)7-10-19;/h13-15H,4-12H2,1-3H3,(H2,17,18);1H. The molecule has 0 radical (unpaired) electrons. The maximum atomic E-state index is 6.17. The lowest BCUT2D eigenvalue weighted by molar-refractivity contribution is 0.143. The van der Waals surface area contributed by atoms with Crippen LogP contribution < -0.4 is 5.73 Å². The molecule has 5 heteroatoms. The van der Waals surface area contributed by atoms with Crippen LogP contribution in [0.1, 0.15) is 46.5 Å². The van der Waals surface area contributed by atoms with Gasteiger partial charge in [-0.15, -0.1) is 24.0 Å². The molecule has 124 valence electrons. The normalized spacial score (nSPS) is 26.0. The summed E-state index contributed by atoms with van der Waals surface area (Å²) in [4.78, 5) is 9.52. The molecule has 2 rings (SSSR count). The molecule has 4 nitrogen and oxygen atoms in total. The van der Waals surface area contributed by atoms with E-state index in [1.807, 2.05) is 0 Å². The van der Waals surface area contributed by atoms with Crippen LogP contribution in [0.2, 0.25) is 0 Å². The van der Waals surface area contributed by atoms with Gasteiger partial charge in [-0.1, -0.05) is 6.92 Å². The van der Waals surface area contributed by atoms with Crippen molar-refractivity contribution >= 4 is 29.9 Å². The number of nitrogens with zero attached hydrogens (tertiary/aromatic N) is 3. The number of guanidine groups is 1. The van der Waals surface area contributed by atoms with Crippen LogP contribution in [-0.4, -0.2) is 54.5 Å². The number of halogens is 1. The zero-order chi connectivity index (χ0) is 14.5. The number of hydrogen-bond acceptors (Lipinski definition) is 2. The summed E-state index contributed by atoms with van der Waals surface area (Å²) in [5, 5.41) is 0. The van der Waals surface area contributed by atoms with Crippen LogP contribution >= 0.6 is 24.0 Å². The van der Waals surface area contributed by atoms with Crippen molar-refractivity contribution in [2.75, 3.05) is 32.7 Å². The molecule has 0 bridgehead atoms. The number of aliphatic imine (C=N–C) groups is 1. The molecule has 0 aromatic heterocycles. The largest absolute Gasteiger partial charge is 0.370 e. The van der Waals surface area contributed by atoms with Gasteiger partial charge in [-0.05, 0) is 57.9 Å². The van der Waals surface area contributed by atoms with Crippen molar-refractivity contribution in [3.8, 4) is 0 Å². The molecule has 0 saturated carbocycles. The Morgan fingerprint density at radius 2 is 1.86 bits per heavy atom. The highest BCUT2D eigenvalue weighted by atomic mass is 127. The molecule has 0 aliphatic carbocycles. The van der Waals surface area contributed by atoms with E-state index in [0.717, 1.165) is 31.5 Å². The maximum absolute atomic E-state index is 6.17. The fourth-order valence-corrected chi connectivity index (χ4v) is 3.28. The van der Waals surface area contributed by atoms with E-state index < -0.39 is 0 Å². The van der Waals surface area contributed by atoms with Crippen molar-refractivity contribution in [1.29, 1.82) is 0 Å². The quantitative estimate of drug-likeness (QED) is 0.444. The second-order valence-electron chi connectivity index (χ2n) is 6.97. The Kier molecular flexibility index (Phi) is 8.31. The minimum Gasteiger partial charge on any atom is -0.370 e. The molecule has 2 heterocycles. The van der Waals surface area contributed by atoms with Crippen LogP contribution in [0.4, 0.5) is 0 Å². The molecule has 2 saturated heterocycles. The number of rotatable bonds is 3. The van der Waals surface area contributed by atoms with Crippen molar-refractivity contribution in [3.05, 3.63) is 0 Å². The highest BCUT2D eigenvalue weighted by Crippen LogP contribution is 2.19. The van der Waals surface area contributed by atoms with Gasteiger partial charge in [0, 0.05) is 32.2 Å². The molecule has 2 aliphatic heterocycles. The summed E-state index contributed by atoms with van der Waals surface area (Å²) in [5.74, 6) is 2.31. The van der Waals surface area contributed by atoms with Crippen LogP contribution in [0.5, 0.6) is 0 Å². The first-order valence-corrected chi connectivity index (χ1v) is 8.35. The first-order valence-electron chi connectivity index (χ1n) is 8.35.